The van der Waals surface area contributed by atoms with E-state index in [1.165, 1.54) is 13.2 Å². The third kappa shape index (κ3) is 3.60. The quantitative estimate of drug-likeness (QED) is 0.473. The molecule has 2 bridgehead atoms. The number of likely N-dealkylation sites (tertiary alicyclic amines) is 1. The van der Waals surface area contributed by atoms with E-state index in [-0.39, 0.29) is 42.4 Å². The monoisotopic (exact) mass is 517 g/mol. The Morgan fingerprint density at radius 3 is 2.51 bits per heavy atom. The molecule has 0 spiro atoms. The van der Waals surface area contributed by atoms with Crippen LogP contribution in [0.15, 0.2) is 12.1 Å². The number of Topliss-reactive ketones (excluding diaryl/α,β-unsaturated/α-hetero) is 1. The van der Waals surface area contributed by atoms with Gasteiger partial charge in [0.15, 0.2) is 11.5 Å². The van der Waals surface area contributed by atoms with E-state index in [9.17, 15) is 31.5 Å². The second-order valence-corrected chi connectivity index (χ2v) is 12.7. The first kappa shape index (κ1) is 24.8. The number of halogens is 3. The lowest BCUT2D eigenvalue weighted by molar-refractivity contribution is -0.191. The summed E-state index contributed by atoms with van der Waals surface area (Å²) in [7, 11) is -4.81. The Kier molecular flexibility index (Phi) is 5.38. The number of hydrogen-bond acceptors (Lipinski definition) is 7. The predicted octanol–water partition coefficient (Wildman–Crippen LogP) is 3.32. The van der Waals surface area contributed by atoms with E-state index in [4.69, 9.17) is 8.92 Å². The third-order valence-electron chi connectivity index (χ3n) is 8.56. The third-order valence-corrected chi connectivity index (χ3v) is 9.51. The van der Waals surface area contributed by atoms with Gasteiger partial charge in [-0.2, -0.15) is 21.6 Å². The van der Waals surface area contributed by atoms with Gasteiger partial charge in [0.1, 0.15) is 5.78 Å². The van der Waals surface area contributed by atoms with Gasteiger partial charge in [-0.1, -0.05) is 19.9 Å². The Bertz CT molecular complexity index is 1180. The largest absolute Gasteiger partial charge is 0.534 e. The number of ether oxygens (including phenoxy) is 1. The molecule has 1 heterocycles. The molecule has 194 valence electrons. The number of piperidine rings is 1. The number of benzene rings is 1. The molecule has 0 amide bonds. The van der Waals surface area contributed by atoms with Gasteiger partial charge >= 0.3 is 15.6 Å². The molecule has 0 unspecified atom stereocenters. The van der Waals surface area contributed by atoms with E-state index < -0.39 is 37.8 Å². The minimum Gasteiger partial charge on any atom is -0.493 e. The van der Waals surface area contributed by atoms with Crippen molar-refractivity contribution >= 4 is 15.9 Å². The molecule has 7 nitrogen and oxygen atoms in total. The van der Waals surface area contributed by atoms with E-state index in [2.05, 4.69) is 4.90 Å². The van der Waals surface area contributed by atoms with Gasteiger partial charge in [0.2, 0.25) is 0 Å². The van der Waals surface area contributed by atoms with Crippen LogP contribution < -0.4 is 8.92 Å². The zero-order chi connectivity index (χ0) is 25.6. The Morgan fingerprint density at radius 1 is 1.23 bits per heavy atom. The van der Waals surface area contributed by atoms with Crippen LogP contribution in [0.1, 0.15) is 57.1 Å². The number of methoxy groups -OCH3 is 1. The van der Waals surface area contributed by atoms with Gasteiger partial charge in [-0.3, -0.25) is 9.69 Å². The first-order valence-electron chi connectivity index (χ1n) is 11.9. The molecule has 0 aromatic heterocycles. The average molecular weight is 518 g/mol. The molecule has 0 radical (unpaired) electrons. The van der Waals surface area contributed by atoms with Crippen molar-refractivity contribution in [3.05, 3.63) is 23.3 Å². The van der Waals surface area contributed by atoms with Crippen molar-refractivity contribution in [2.45, 2.75) is 74.9 Å². The molecule has 1 aliphatic heterocycles. The molecule has 1 aromatic rings. The second-order valence-electron chi connectivity index (χ2n) is 11.2. The summed E-state index contributed by atoms with van der Waals surface area (Å²) in [4.78, 5) is 15.6. The summed E-state index contributed by atoms with van der Waals surface area (Å²) in [5.41, 5.74) is -8.52. The van der Waals surface area contributed by atoms with Crippen LogP contribution in [-0.2, 0) is 26.7 Å². The van der Waals surface area contributed by atoms with Crippen LogP contribution in [-0.4, -0.2) is 61.6 Å². The standard InChI is InChI=1S/C24H30F3NO6S/c1-21(2)13-23(30)17-10-15-6-7-16(33-3)20(34-35(31,32)24(25,26)27)19(15)22(23,11-18(21)29)8-9-28(17)12-14-4-5-14/h6-7,14,17,30H,4-5,8-13H2,1-3H3/t17-,22-,23-/m1/s1. The topological polar surface area (TPSA) is 93.1 Å². The molecule has 3 atom stereocenters. The number of carbonyl (C=O) groups excluding carboxylic acids is 1. The molecule has 3 fully saturated rings. The van der Waals surface area contributed by atoms with Crippen molar-refractivity contribution in [1.29, 1.82) is 0 Å². The maximum Gasteiger partial charge on any atom is 0.534 e. The first-order valence-corrected chi connectivity index (χ1v) is 13.3. The van der Waals surface area contributed by atoms with Crippen LogP contribution in [0.3, 0.4) is 0 Å². The lowest BCUT2D eigenvalue weighted by Gasteiger charge is -2.65. The summed E-state index contributed by atoms with van der Waals surface area (Å²) in [5.74, 6) is -0.346. The Labute approximate surface area is 202 Å². The van der Waals surface area contributed by atoms with Crippen molar-refractivity contribution < 1.29 is 40.4 Å². The first-order chi connectivity index (χ1) is 16.2. The van der Waals surface area contributed by atoms with Gasteiger partial charge in [-0.05, 0) is 56.2 Å². The second kappa shape index (κ2) is 7.58. The lowest BCUT2D eigenvalue weighted by atomic mass is 9.45. The van der Waals surface area contributed by atoms with Crippen molar-refractivity contribution in [1.82, 2.24) is 4.90 Å². The summed E-state index contributed by atoms with van der Waals surface area (Å²) in [6.45, 7) is 4.90. The van der Waals surface area contributed by atoms with Gasteiger partial charge in [-0.15, -0.1) is 0 Å². The highest BCUT2D eigenvalue weighted by Gasteiger charge is 2.69. The highest BCUT2D eigenvalue weighted by molar-refractivity contribution is 7.88. The minimum atomic E-state index is -6.02. The number of rotatable bonds is 5. The molecule has 35 heavy (non-hydrogen) atoms. The number of aliphatic hydroxyl groups is 1. The molecular weight excluding hydrogens is 487 g/mol. The maximum absolute atomic E-state index is 13.3. The number of alkyl halides is 3. The maximum atomic E-state index is 13.3. The van der Waals surface area contributed by atoms with Crippen molar-refractivity contribution in [3.8, 4) is 11.5 Å². The summed E-state index contributed by atoms with van der Waals surface area (Å²) >= 11 is 0. The zero-order valence-electron chi connectivity index (χ0n) is 19.9. The van der Waals surface area contributed by atoms with Gasteiger partial charge in [0.05, 0.1) is 12.7 Å². The molecule has 4 aliphatic rings. The van der Waals surface area contributed by atoms with E-state index in [1.807, 2.05) is 0 Å². The van der Waals surface area contributed by atoms with Crippen LogP contribution >= 0.6 is 0 Å². The minimum absolute atomic E-state index is 0.118. The summed E-state index contributed by atoms with van der Waals surface area (Å²) in [6.07, 6.45) is 2.84. The fourth-order valence-electron chi connectivity index (χ4n) is 6.63. The van der Waals surface area contributed by atoms with E-state index in [0.717, 1.165) is 19.4 Å². The zero-order valence-corrected chi connectivity index (χ0v) is 20.8. The van der Waals surface area contributed by atoms with Crippen molar-refractivity contribution in [2.24, 2.45) is 11.3 Å². The van der Waals surface area contributed by atoms with Crippen molar-refractivity contribution in [3.63, 3.8) is 0 Å². The molecule has 1 saturated heterocycles. The molecule has 11 heteroatoms. The molecule has 1 N–H and O–H groups in total. The van der Waals surface area contributed by atoms with Crippen LogP contribution in [0.4, 0.5) is 13.2 Å². The molecule has 5 rings (SSSR count). The fraction of sp³-hybridized carbons (Fsp3) is 0.708. The van der Waals surface area contributed by atoms with E-state index >= 15 is 0 Å². The van der Waals surface area contributed by atoms with E-state index in [1.54, 1.807) is 19.9 Å². The number of fused-ring (bicyclic) bond motifs is 1. The van der Waals surface area contributed by atoms with Crippen LogP contribution in [0.25, 0.3) is 0 Å². The van der Waals surface area contributed by atoms with Crippen LogP contribution in [0.2, 0.25) is 0 Å². The summed E-state index contributed by atoms with van der Waals surface area (Å²) in [6, 6.07) is 2.72. The normalized spacial score (nSPS) is 32.5. The Balaban J connectivity index is 1.73. The number of carbonyl (C=O) groups is 1. The van der Waals surface area contributed by atoms with Crippen LogP contribution in [0.5, 0.6) is 11.5 Å². The van der Waals surface area contributed by atoms with Gasteiger partial charge in [-0.25, -0.2) is 0 Å². The van der Waals surface area contributed by atoms with E-state index in [0.29, 0.717) is 24.4 Å². The molecule has 3 aliphatic carbocycles. The smallest absolute Gasteiger partial charge is 0.493 e. The summed E-state index contributed by atoms with van der Waals surface area (Å²) < 4.78 is 74.1. The number of hydrogen-bond donors (Lipinski definition) is 1. The number of ketones is 1. The fourth-order valence-corrected chi connectivity index (χ4v) is 7.11. The van der Waals surface area contributed by atoms with Gasteiger partial charge in [0.25, 0.3) is 0 Å². The number of nitrogens with zero attached hydrogens (tertiary/aromatic N) is 1. The average Bonchev–Trinajstić information content (AvgIpc) is 3.54. The highest BCUT2D eigenvalue weighted by atomic mass is 32.2. The molecule has 2 saturated carbocycles. The Morgan fingerprint density at radius 2 is 1.91 bits per heavy atom. The van der Waals surface area contributed by atoms with Crippen LogP contribution in [0, 0.1) is 11.3 Å². The highest BCUT2D eigenvalue weighted by Crippen LogP contribution is 2.63. The van der Waals surface area contributed by atoms with Gasteiger partial charge < -0.3 is 14.0 Å². The predicted molar refractivity (Wildman–Crippen MR) is 120 cm³/mol. The lowest BCUT2D eigenvalue weighted by Crippen LogP contribution is -2.75. The summed E-state index contributed by atoms with van der Waals surface area (Å²) in [5, 5.41) is 12.4. The SMILES string of the molecule is COc1ccc2c(c1OS(=O)(=O)C(F)(F)F)[C@]13CCN(CC4CC4)[C@H](C2)[C@]1(O)CC(C)(C)C(=O)C3. The Hall–Kier alpha value is -1.85. The van der Waals surface area contributed by atoms with Crippen molar-refractivity contribution in [2.75, 3.05) is 20.2 Å². The molecular formula is C24H30F3NO6S. The molecule has 1 aromatic carbocycles. The van der Waals surface area contributed by atoms with Gasteiger partial charge in [0, 0.05) is 35.4 Å².